The molecule has 3 aromatic rings. The predicted molar refractivity (Wildman–Crippen MR) is 115 cm³/mol. The van der Waals surface area contributed by atoms with Gasteiger partial charge in [-0.05, 0) is 48.9 Å². The summed E-state index contributed by atoms with van der Waals surface area (Å²) in [7, 11) is 0. The fourth-order valence-electron chi connectivity index (χ4n) is 3.47. The minimum atomic E-state index is -1.62. The Labute approximate surface area is 223 Å². The van der Waals surface area contributed by atoms with Crippen molar-refractivity contribution in [2.24, 2.45) is 10.6 Å². The Kier molecular flexibility index (Phi) is 9.54. The molecule has 3 rings (SSSR count). The van der Waals surface area contributed by atoms with E-state index in [-0.39, 0.29) is 59.0 Å². The summed E-state index contributed by atoms with van der Waals surface area (Å²) in [4.78, 5) is 72.1. The van der Waals surface area contributed by atoms with Gasteiger partial charge in [0.15, 0.2) is 5.65 Å². The van der Waals surface area contributed by atoms with Crippen molar-refractivity contribution in [3.05, 3.63) is 67.3 Å². The van der Waals surface area contributed by atoms with Crippen LogP contribution in [0.2, 0.25) is 0 Å². The number of nitrogens with zero attached hydrogens (tertiary/aromatic N) is 5. The molecule has 182 valence electrons. The van der Waals surface area contributed by atoms with Gasteiger partial charge >= 0.3 is 29.6 Å². The van der Waals surface area contributed by atoms with E-state index in [2.05, 4.69) is 20.9 Å². The minimum absolute atomic E-state index is 0. The maximum Gasteiger partial charge on any atom is 1.00 e. The number of carbonyl (C=O) groups excluding carboxylic acids is 3. The van der Waals surface area contributed by atoms with Crippen LogP contribution in [0.4, 0.5) is 5.95 Å². The van der Waals surface area contributed by atoms with Crippen LogP contribution in [-0.4, -0.2) is 38.2 Å². The smallest absolute Gasteiger partial charge is 0.550 e. The molecule has 1 aromatic carbocycles. The third kappa shape index (κ3) is 6.18. The zero-order chi connectivity index (χ0) is 25.7. The van der Waals surface area contributed by atoms with Gasteiger partial charge in [-0.15, -0.1) is 14.5 Å². The Hall–Kier alpha value is -3.95. The van der Waals surface area contributed by atoms with Gasteiger partial charge in [0.2, 0.25) is 5.95 Å². The van der Waals surface area contributed by atoms with Crippen molar-refractivity contribution in [2.45, 2.75) is 31.7 Å². The monoisotopic (exact) mass is 506 g/mol. The van der Waals surface area contributed by atoms with Crippen LogP contribution in [-0.2, 0) is 22.4 Å². The number of carboxylic acid groups (broad SMARTS) is 2. The van der Waals surface area contributed by atoms with Gasteiger partial charge in [0.05, 0.1) is 28.0 Å². The van der Waals surface area contributed by atoms with Gasteiger partial charge in [0.25, 0.3) is 11.5 Å². The molecule has 3 N–H and O–H groups in total. The fourth-order valence-corrected chi connectivity index (χ4v) is 3.47. The molecule has 0 aliphatic carbocycles. The van der Waals surface area contributed by atoms with E-state index in [0.29, 0.717) is 22.2 Å². The molecule has 0 saturated heterocycles. The number of carboxylic acids is 2. The van der Waals surface area contributed by atoms with Crippen LogP contribution in [0.3, 0.4) is 0 Å². The molecule has 2 heterocycles. The topological polar surface area (TPSA) is 234 Å². The number of hydrogen-bond acceptors (Lipinski definition) is 12. The van der Waals surface area contributed by atoms with Gasteiger partial charge in [0, 0.05) is 17.7 Å². The van der Waals surface area contributed by atoms with E-state index < -0.39 is 41.8 Å². The second kappa shape index (κ2) is 12.1. The standard InChI is InChI=1S/C20H19N7O8.Na/c21-20-23-17(31)15-12(9-26(24-34)18(15)27(20)25-35)6-3-10-1-4-11(5-2-10)16(30)22-13(19(32)33)7-8-14(28)29;/h1-2,4-5,9,13H,3,6-8H2,(H,22,30)(H,28,29)(H,32,33)(H2,21,23,31);/q;+1/p-2. The third-order valence-corrected chi connectivity index (χ3v) is 5.18. The van der Waals surface area contributed by atoms with Gasteiger partial charge in [-0.3, -0.25) is 9.59 Å². The number of nitrogen functional groups attached to an aromatic ring is 1. The van der Waals surface area contributed by atoms with Crippen LogP contribution in [0, 0.1) is 9.81 Å². The maximum atomic E-state index is 12.3. The van der Waals surface area contributed by atoms with Crippen molar-refractivity contribution in [3.8, 4) is 0 Å². The van der Waals surface area contributed by atoms with E-state index >= 15 is 0 Å². The zero-order valence-electron chi connectivity index (χ0n) is 18.9. The maximum absolute atomic E-state index is 12.3. The number of nitrogens with two attached hydrogens (primary N) is 1. The van der Waals surface area contributed by atoms with Gasteiger partial charge in [0.1, 0.15) is 0 Å². The van der Waals surface area contributed by atoms with E-state index in [1.54, 1.807) is 12.1 Å². The van der Waals surface area contributed by atoms with Crippen molar-refractivity contribution in [1.29, 1.82) is 0 Å². The summed E-state index contributed by atoms with van der Waals surface area (Å²) in [6, 6.07) is 4.53. The normalized spacial score (nSPS) is 11.3. The minimum Gasteiger partial charge on any atom is -0.550 e. The SMILES string of the molecule is Nc1nc(=O)c2c(CCc3ccc(C(=O)NC(CCC(=O)[O-])C(=O)[O-])cc3)cn(N=O)c2n1N=O.[Na+]. The van der Waals surface area contributed by atoms with E-state index in [0.717, 1.165) is 4.68 Å². The molecule has 0 bridgehead atoms. The zero-order valence-corrected chi connectivity index (χ0v) is 20.9. The fraction of sp³-hybridized carbons (Fsp3) is 0.250. The molecule has 2 aromatic heterocycles. The molecule has 0 aliphatic heterocycles. The number of amides is 1. The summed E-state index contributed by atoms with van der Waals surface area (Å²) in [5.41, 5.74) is 5.74. The molecule has 1 atom stereocenters. The molecule has 0 spiro atoms. The second-order valence-corrected chi connectivity index (χ2v) is 7.40. The largest absolute Gasteiger partial charge is 1.00 e. The number of anilines is 1. The quantitative estimate of drug-likeness (QED) is 0.185. The Balaban J connectivity index is 0.00000456. The summed E-state index contributed by atoms with van der Waals surface area (Å²) < 4.78 is 1.34. The molecule has 15 nitrogen and oxygen atoms in total. The number of nitrogens with one attached hydrogen (secondary N) is 1. The van der Waals surface area contributed by atoms with Crippen LogP contribution in [0.15, 0.2) is 45.8 Å². The number of nitroso groups, excluding NO2 is 2. The van der Waals surface area contributed by atoms with Gasteiger partial charge in [-0.1, -0.05) is 12.1 Å². The van der Waals surface area contributed by atoms with E-state index in [1.165, 1.54) is 18.3 Å². The number of aliphatic carboxylic acids is 2. The van der Waals surface area contributed by atoms with Crippen molar-refractivity contribution in [3.63, 3.8) is 0 Å². The van der Waals surface area contributed by atoms with E-state index in [9.17, 15) is 39.2 Å². The van der Waals surface area contributed by atoms with Gasteiger partial charge in [-0.25, -0.2) is 0 Å². The molecular formula is C20H17N7NaO8-. The molecule has 1 amide bonds. The summed E-state index contributed by atoms with van der Waals surface area (Å²) in [6.07, 6.45) is 0.867. The molecule has 0 saturated carbocycles. The molecule has 0 aliphatic rings. The summed E-state index contributed by atoms with van der Waals surface area (Å²) in [5.74, 6) is -4.32. The number of hydrogen-bond donors (Lipinski definition) is 2. The number of rotatable bonds is 11. The number of carbonyl (C=O) groups is 3. The van der Waals surface area contributed by atoms with Crippen molar-refractivity contribution in [1.82, 2.24) is 19.7 Å². The number of aromatic nitrogens is 3. The summed E-state index contributed by atoms with van der Waals surface area (Å²) in [6.45, 7) is 0. The van der Waals surface area contributed by atoms with Crippen LogP contribution in [0.25, 0.3) is 11.0 Å². The molecule has 16 heteroatoms. The average Bonchev–Trinajstić information content (AvgIpc) is 3.19. The molecule has 0 fully saturated rings. The van der Waals surface area contributed by atoms with Gasteiger partial charge in [-0.2, -0.15) is 9.66 Å². The Bertz CT molecular complexity index is 1380. The van der Waals surface area contributed by atoms with Crippen LogP contribution in [0.1, 0.15) is 34.3 Å². The first-order valence-electron chi connectivity index (χ1n) is 10.1. The van der Waals surface area contributed by atoms with Crippen LogP contribution >= 0.6 is 0 Å². The Morgan fingerprint density at radius 3 is 2.31 bits per heavy atom. The van der Waals surface area contributed by atoms with Gasteiger partial charge < -0.3 is 30.9 Å². The summed E-state index contributed by atoms with van der Waals surface area (Å²) in [5, 5.41) is 29.2. The first-order valence-corrected chi connectivity index (χ1v) is 10.1. The number of fused-ring (bicyclic) bond motifs is 1. The number of aryl methyl sites for hydroxylation is 2. The predicted octanol–water partition coefficient (Wildman–Crippen LogP) is -4.99. The Morgan fingerprint density at radius 1 is 1.08 bits per heavy atom. The van der Waals surface area contributed by atoms with E-state index in [1.807, 2.05) is 0 Å². The Morgan fingerprint density at radius 2 is 1.75 bits per heavy atom. The average molecular weight is 506 g/mol. The van der Waals surface area contributed by atoms with Crippen molar-refractivity contribution >= 4 is 34.8 Å². The van der Waals surface area contributed by atoms with Crippen LogP contribution in [0.5, 0.6) is 0 Å². The first kappa shape index (κ1) is 28.3. The molecule has 1 unspecified atom stereocenters. The third-order valence-electron chi connectivity index (χ3n) is 5.18. The first-order chi connectivity index (χ1) is 16.7. The van der Waals surface area contributed by atoms with Crippen LogP contribution < -0.4 is 56.4 Å². The summed E-state index contributed by atoms with van der Waals surface area (Å²) >= 11 is 0. The molecule has 0 radical (unpaired) electrons. The number of benzene rings is 1. The molecule has 36 heavy (non-hydrogen) atoms. The second-order valence-electron chi connectivity index (χ2n) is 7.40. The van der Waals surface area contributed by atoms with E-state index in [4.69, 9.17) is 5.73 Å². The van der Waals surface area contributed by atoms with Crippen molar-refractivity contribution < 1.29 is 54.2 Å². The van der Waals surface area contributed by atoms with Crippen molar-refractivity contribution in [2.75, 3.05) is 5.73 Å². The molecular weight excluding hydrogens is 489 g/mol.